The first-order valence-corrected chi connectivity index (χ1v) is 10.3. The van der Waals surface area contributed by atoms with Gasteiger partial charge in [-0.25, -0.2) is 0 Å². The molecule has 5 heteroatoms. The zero-order valence-corrected chi connectivity index (χ0v) is 17.6. The molecule has 3 rings (SSSR count). The number of hydrogen-bond acceptors (Lipinski definition) is 3. The molecule has 1 heterocycles. The summed E-state index contributed by atoms with van der Waals surface area (Å²) in [5.74, 6) is -1.15. The lowest BCUT2D eigenvalue weighted by molar-refractivity contribution is -0.140. The Kier molecular flexibility index (Phi) is 6.57. The van der Waals surface area contributed by atoms with Crippen LogP contribution in [-0.4, -0.2) is 30.4 Å². The zero-order chi connectivity index (χ0) is 20.9. The Bertz CT molecular complexity index is 853. The molecular weight excluding hydrogens is 362 g/mol. The second kappa shape index (κ2) is 9.12. The van der Waals surface area contributed by atoms with Crippen molar-refractivity contribution in [3.05, 3.63) is 65.2 Å². The molecule has 0 saturated heterocycles. The van der Waals surface area contributed by atoms with Crippen molar-refractivity contribution >= 4 is 17.5 Å². The molecule has 1 aliphatic rings. The lowest BCUT2D eigenvalue weighted by atomic mass is 9.99. The molecule has 0 radical (unpaired) electrons. The highest BCUT2D eigenvalue weighted by molar-refractivity contribution is 6.35. The van der Waals surface area contributed by atoms with Crippen LogP contribution in [-0.2, 0) is 29.0 Å². The van der Waals surface area contributed by atoms with Crippen LogP contribution >= 0.6 is 0 Å². The molecule has 0 fully saturated rings. The third-order valence-corrected chi connectivity index (χ3v) is 5.05. The van der Waals surface area contributed by atoms with Crippen LogP contribution in [0.1, 0.15) is 43.9 Å². The van der Waals surface area contributed by atoms with Crippen molar-refractivity contribution in [2.24, 2.45) is 0 Å². The highest BCUT2D eigenvalue weighted by Crippen LogP contribution is 2.24. The highest BCUT2D eigenvalue weighted by Gasteiger charge is 2.19. The van der Waals surface area contributed by atoms with Crippen molar-refractivity contribution in [3.63, 3.8) is 0 Å². The van der Waals surface area contributed by atoms with Crippen molar-refractivity contribution in [2.75, 3.05) is 18.0 Å². The van der Waals surface area contributed by atoms with Gasteiger partial charge < -0.3 is 15.5 Å². The predicted octanol–water partition coefficient (Wildman–Crippen LogP) is 3.21. The third-order valence-electron chi connectivity index (χ3n) is 5.05. The van der Waals surface area contributed by atoms with E-state index in [1.807, 2.05) is 20.8 Å². The fraction of sp³-hybridized carbons (Fsp3) is 0.417. The molecule has 0 saturated carbocycles. The molecule has 2 aromatic rings. The molecule has 2 N–H and O–H groups in total. The van der Waals surface area contributed by atoms with E-state index in [0.717, 1.165) is 32.4 Å². The summed E-state index contributed by atoms with van der Waals surface area (Å²) in [6, 6.07) is 17.3. The van der Waals surface area contributed by atoms with Gasteiger partial charge in [-0.15, -0.1) is 0 Å². The number of carbonyl (C=O) groups is 2. The number of carbonyl (C=O) groups excluding carboxylic acids is 2. The number of nitrogens with zero attached hydrogens (tertiary/aromatic N) is 1. The summed E-state index contributed by atoms with van der Waals surface area (Å²) in [5.41, 5.74) is 4.94. The summed E-state index contributed by atoms with van der Waals surface area (Å²) < 4.78 is 0. The van der Waals surface area contributed by atoms with Gasteiger partial charge in [0.2, 0.25) is 0 Å². The van der Waals surface area contributed by atoms with Gasteiger partial charge in [-0.05, 0) is 68.9 Å². The third kappa shape index (κ3) is 6.08. The SMILES string of the molecule is CC(C)(C)NC(=O)C(=O)NCCCc1ccc(N2CCc3ccccc3C2)cc1. The number of anilines is 1. The predicted molar refractivity (Wildman–Crippen MR) is 117 cm³/mol. The molecule has 1 aliphatic heterocycles. The lowest BCUT2D eigenvalue weighted by Crippen LogP contribution is -2.48. The molecule has 0 atom stereocenters. The Morgan fingerprint density at radius 2 is 1.66 bits per heavy atom. The van der Waals surface area contributed by atoms with Crippen LogP contribution in [0.25, 0.3) is 0 Å². The number of rotatable bonds is 5. The first-order chi connectivity index (χ1) is 13.8. The van der Waals surface area contributed by atoms with E-state index in [2.05, 4.69) is 64.1 Å². The summed E-state index contributed by atoms with van der Waals surface area (Å²) in [6.07, 6.45) is 2.75. The Balaban J connectivity index is 1.43. The number of nitrogens with one attached hydrogen (secondary N) is 2. The number of hydrogen-bond donors (Lipinski definition) is 2. The van der Waals surface area contributed by atoms with E-state index in [9.17, 15) is 9.59 Å². The van der Waals surface area contributed by atoms with Gasteiger partial charge in [-0.3, -0.25) is 9.59 Å². The molecule has 154 valence electrons. The largest absolute Gasteiger partial charge is 0.367 e. The smallest absolute Gasteiger partial charge is 0.309 e. The lowest BCUT2D eigenvalue weighted by Gasteiger charge is -2.30. The number of fused-ring (bicyclic) bond motifs is 1. The van der Waals surface area contributed by atoms with Gasteiger partial charge in [-0.2, -0.15) is 0 Å². The van der Waals surface area contributed by atoms with E-state index in [1.165, 1.54) is 22.4 Å². The van der Waals surface area contributed by atoms with Crippen molar-refractivity contribution in [2.45, 2.75) is 52.1 Å². The summed E-state index contributed by atoms with van der Waals surface area (Å²) in [4.78, 5) is 26.0. The summed E-state index contributed by atoms with van der Waals surface area (Å²) in [6.45, 7) is 8.04. The molecule has 5 nitrogen and oxygen atoms in total. The Hall–Kier alpha value is -2.82. The van der Waals surface area contributed by atoms with Crippen molar-refractivity contribution < 1.29 is 9.59 Å². The summed E-state index contributed by atoms with van der Waals surface area (Å²) in [7, 11) is 0. The fourth-order valence-electron chi connectivity index (χ4n) is 3.56. The van der Waals surface area contributed by atoms with Gasteiger partial charge in [0.15, 0.2) is 0 Å². The maximum absolute atomic E-state index is 11.8. The molecule has 2 aromatic carbocycles. The van der Waals surface area contributed by atoms with E-state index >= 15 is 0 Å². The van der Waals surface area contributed by atoms with Crippen LogP contribution in [0.4, 0.5) is 5.69 Å². The first kappa shape index (κ1) is 20.9. The van der Waals surface area contributed by atoms with Gasteiger partial charge in [0.05, 0.1) is 0 Å². The van der Waals surface area contributed by atoms with E-state index in [0.29, 0.717) is 6.54 Å². The van der Waals surface area contributed by atoms with E-state index in [-0.39, 0.29) is 0 Å². The zero-order valence-electron chi connectivity index (χ0n) is 17.6. The topological polar surface area (TPSA) is 61.4 Å². The quantitative estimate of drug-likeness (QED) is 0.606. The van der Waals surface area contributed by atoms with E-state index in [4.69, 9.17) is 0 Å². The molecule has 0 aromatic heterocycles. The first-order valence-electron chi connectivity index (χ1n) is 10.3. The van der Waals surface area contributed by atoms with Crippen molar-refractivity contribution in [3.8, 4) is 0 Å². The maximum atomic E-state index is 11.8. The maximum Gasteiger partial charge on any atom is 0.309 e. The average Bonchev–Trinajstić information content (AvgIpc) is 2.70. The minimum absolute atomic E-state index is 0.410. The molecule has 0 bridgehead atoms. The summed E-state index contributed by atoms with van der Waals surface area (Å²) >= 11 is 0. The number of amides is 2. The molecule has 29 heavy (non-hydrogen) atoms. The fourth-order valence-corrected chi connectivity index (χ4v) is 3.56. The Labute approximate surface area is 173 Å². The van der Waals surface area contributed by atoms with Crippen LogP contribution in [0.3, 0.4) is 0 Å². The molecule has 0 spiro atoms. The minimum atomic E-state index is -0.579. The molecule has 0 unspecified atom stereocenters. The normalized spacial score (nSPS) is 13.6. The number of aryl methyl sites for hydroxylation is 1. The van der Waals surface area contributed by atoms with Gasteiger partial charge in [0.1, 0.15) is 0 Å². The second-order valence-electron chi connectivity index (χ2n) is 8.67. The molecular formula is C24H31N3O2. The van der Waals surface area contributed by atoms with Crippen LogP contribution in [0.2, 0.25) is 0 Å². The van der Waals surface area contributed by atoms with Crippen molar-refractivity contribution in [1.29, 1.82) is 0 Å². The monoisotopic (exact) mass is 393 g/mol. The Morgan fingerprint density at radius 1 is 0.966 bits per heavy atom. The van der Waals surface area contributed by atoms with Crippen LogP contribution < -0.4 is 15.5 Å². The minimum Gasteiger partial charge on any atom is -0.367 e. The highest BCUT2D eigenvalue weighted by atomic mass is 16.2. The molecule has 0 aliphatic carbocycles. The Morgan fingerprint density at radius 3 is 2.34 bits per heavy atom. The van der Waals surface area contributed by atoms with Crippen LogP contribution in [0.15, 0.2) is 48.5 Å². The van der Waals surface area contributed by atoms with Gasteiger partial charge in [0.25, 0.3) is 0 Å². The molecule has 2 amide bonds. The number of benzene rings is 2. The summed E-state index contributed by atoms with van der Waals surface area (Å²) in [5, 5.41) is 5.35. The standard InChI is InChI=1S/C24H31N3O2/c1-24(2,3)26-23(29)22(28)25-15-6-7-18-10-12-21(13-11-18)27-16-14-19-8-4-5-9-20(19)17-27/h4-5,8-13H,6-7,14-17H2,1-3H3,(H,25,28)(H,26,29). The average molecular weight is 394 g/mol. The van der Waals surface area contributed by atoms with Crippen LogP contribution in [0, 0.1) is 0 Å². The van der Waals surface area contributed by atoms with Crippen LogP contribution in [0.5, 0.6) is 0 Å². The van der Waals surface area contributed by atoms with Crippen molar-refractivity contribution in [1.82, 2.24) is 10.6 Å². The second-order valence-corrected chi connectivity index (χ2v) is 8.67. The van der Waals surface area contributed by atoms with Gasteiger partial charge in [0, 0.05) is 30.9 Å². The van der Waals surface area contributed by atoms with Gasteiger partial charge in [-0.1, -0.05) is 36.4 Å². The van der Waals surface area contributed by atoms with E-state index < -0.39 is 17.4 Å². The van der Waals surface area contributed by atoms with E-state index in [1.54, 1.807) is 0 Å². The van der Waals surface area contributed by atoms with Gasteiger partial charge >= 0.3 is 11.8 Å².